The van der Waals surface area contributed by atoms with Crippen LogP contribution in [-0.4, -0.2) is 84.3 Å². The highest BCUT2D eigenvalue weighted by molar-refractivity contribution is 5.68. The Hall–Kier alpha value is -3.16. The third kappa shape index (κ3) is 7.21. The molecule has 2 fully saturated rings. The number of hydrogen-bond acceptors (Lipinski definition) is 12. The molecule has 0 spiro atoms. The van der Waals surface area contributed by atoms with Crippen molar-refractivity contribution in [3.63, 3.8) is 0 Å². The molecule has 2 heterocycles. The monoisotopic (exact) mass is 461 g/mol. The Kier molecular flexibility index (Phi) is 8.99. The van der Waals surface area contributed by atoms with Gasteiger partial charge in [-0.1, -0.05) is 0 Å². The molecule has 2 rings (SSSR count). The Morgan fingerprint density at radius 1 is 0.906 bits per heavy atom. The van der Waals surface area contributed by atoms with E-state index in [1.54, 1.807) is 0 Å². The van der Waals surface area contributed by atoms with E-state index in [9.17, 15) is 24.4 Å². The molecule has 0 aromatic heterocycles. The summed E-state index contributed by atoms with van der Waals surface area (Å²) in [6.45, 7) is 5.00. The van der Waals surface area contributed by atoms with Crippen LogP contribution in [0.1, 0.15) is 40.5 Å². The zero-order valence-corrected chi connectivity index (χ0v) is 18.3. The maximum absolute atomic E-state index is 12.1. The number of hydrazine groups is 1. The molecule has 0 aromatic carbocycles. The molecule has 0 bridgehead atoms. The molecule has 0 radical (unpaired) electrons. The van der Waals surface area contributed by atoms with Crippen molar-refractivity contribution in [3.8, 4) is 0 Å². The second kappa shape index (κ2) is 11.5. The number of rotatable bonds is 8. The van der Waals surface area contributed by atoms with Gasteiger partial charge in [-0.05, 0) is 12.8 Å². The van der Waals surface area contributed by atoms with Gasteiger partial charge in [0.05, 0.1) is 18.1 Å². The van der Waals surface area contributed by atoms with Crippen LogP contribution in [0.4, 0.5) is 0 Å². The largest absolute Gasteiger partial charge is 0.569 e. The van der Waals surface area contributed by atoms with Gasteiger partial charge < -0.3 is 33.7 Å². The minimum atomic E-state index is -1.55. The number of nitrogens with zero attached hydrogens (tertiary/aromatic N) is 3. The predicted molar refractivity (Wildman–Crippen MR) is 99.9 cm³/mol. The van der Waals surface area contributed by atoms with Crippen molar-refractivity contribution < 1.29 is 52.7 Å². The number of esters is 4. The Morgan fingerprint density at radius 3 is 1.97 bits per heavy atom. The number of ether oxygens (including phenoxy) is 5. The molecule has 32 heavy (non-hydrogen) atoms. The van der Waals surface area contributed by atoms with Crippen molar-refractivity contribution in [2.24, 2.45) is 5.28 Å². The maximum Gasteiger partial charge on any atom is 0.303 e. The van der Waals surface area contributed by atoms with Crippen LogP contribution in [0.5, 0.6) is 0 Å². The van der Waals surface area contributed by atoms with Crippen LogP contribution in [0.25, 0.3) is 0 Å². The topological polar surface area (TPSA) is 165 Å². The van der Waals surface area contributed by atoms with Crippen LogP contribution in [0, 0.1) is 5.21 Å². The Bertz CT molecular complexity index is 738. The first-order chi connectivity index (χ1) is 15.1. The fourth-order valence-corrected chi connectivity index (χ4v) is 3.28. The van der Waals surface area contributed by atoms with Crippen LogP contribution in [0.2, 0.25) is 0 Å². The SMILES string of the molecule is CC(=O)OC[C@H]1O[C@@H](O/N=[N+](\[O-])N2CCCC2)[C@@H](OC(C)=O)[C@@H](OC(C)=O)[C@@H]1OC(C)=O. The number of carbonyl (C=O) groups is 4. The average molecular weight is 461 g/mol. The summed E-state index contributed by atoms with van der Waals surface area (Å²) in [4.78, 5) is 51.8. The van der Waals surface area contributed by atoms with Gasteiger partial charge in [0.2, 0.25) is 11.4 Å². The highest BCUT2D eigenvalue weighted by atomic mass is 16.8. The van der Waals surface area contributed by atoms with E-state index in [1.807, 2.05) is 0 Å². The lowest BCUT2D eigenvalue weighted by molar-refractivity contribution is -0.710. The fourth-order valence-electron chi connectivity index (χ4n) is 3.28. The van der Waals surface area contributed by atoms with E-state index < -0.39 is 61.2 Å². The van der Waals surface area contributed by atoms with Crippen LogP contribution in [0.3, 0.4) is 0 Å². The van der Waals surface area contributed by atoms with E-state index in [0.717, 1.165) is 40.5 Å². The molecule has 2 aliphatic heterocycles. The highest BCUT2D eigenvalue weighted by Gasteiger charge is 2.54. The molecule has 0 saturated carbocycles. The van der Waals surface area contributed by atoms with Gasteiger partial charge in [-0.3, -0.25) is 19.2 Å². The first kappa shape index (κ1) is 25.1. The first-order valence-electron chi connectivity index (χ1n) is 9.98. The zero-order valence-electron chi connectivity index (χ0n) is 18.3. The molecule has 14 nitrogen and oxygen atoms in total. The minimum absolute atomic E-state index is 0.237. The van der Waals surface area contributed by atoms with Crippen LogP contribution in [-0.2, 0) is 47.7 Å². The predicted octanol–water partition coefficient (Wildman–Crippen LogP) is -0.0256. The smallest absolute Gasteiger partial charge is 0.303 e. The van der Waals surface area contributed by atoms with Gasteiger partial charge in [-0.2, -0.15) is 0 Å². The second-order valence-electron chi connectivity index (χ2n) is 7.17. The molecule has 0 unspecified atom stereocenters. The third-order valence-corrected chi connectivity index (χ3v) is 4.49. The molecule has 5 atom stereocenters. The van der Waals surface area contributed by atoms with Gasteiger partial charge >= 0.3 is 23.9 Å². The molecule has 0 N–H and O–H groups in total. The summed E-state index contributed by atoms with van der Waals surface area (Å²) in [5.41, 5.74) is 0. The van der Waals surface area contributed by atoms with E-state index in [0.29, 0.717) is 13.1 Å². The molecular weight excluding hydrogens is 434 g/mol. The molecule has 0 amide bonds. The maximum atomic E-state index is 12.1. The summed E-state index contributed by atoms with van der Waals surface area (Å²) in [5, 5.41) is 17.0. The van der Waals surface area contributed by atoms with E-state index in [2.05, 4.69) is 5.28 Å². The van der Waals surface area contributed by atoms with Crippen molar-refractivity contribution in [2.45, 2.75) is 71.2 Å². The lowest BCUT2D eigenvalue weighted by atomic mass is 9.98. The van der Waals surface area contributed by atoms with Crippen molar-refractivity contribution in [1.29, 1.82) is 0 Å². The Morgan fingerprint density at radius 2 is 1.44 bits per heavy atom. The lowest BCUT2D eigenvalue weighted by Gasteiger charge is -2.42. The van der Waals surface area contributed by atoms with Gasteiger partial charge in [0.25, 0.3) is 6.29 Å². The number of carbonyl (C=O) groups excluding carboxylic acids is 4. The number of hydrogen-bond donors (Lipinski definition) is 0. The lowest BCUT2D eigenvalue weighted by Crippen LogP contribution is -2.62. The van der Waals surface area contributed by atoms with Crippen molar-refractivity contribution in [1.82, 2.24) is 5.01 Å². The normalized spacial score (nSPS) is 27.9. The van der Waals surface area contributed by atoms with E-state index >= 15 is 0 Å². The van der Waals surface area contributed by atoms with E-state index in [1.165, 1.54) is 5.01 Å². The van der Waals surface area contributed by atoms with Crippen LogP contribution >= 0.6 is 0 Å². The van der Waals surface area contributed by atoms with Gasteiger partial charge in [-0.25, -0.2) is 0 Å². The minimum Gasteiger partial charge on any atom is -0.569 e. The molecular formula is C18H27N3O11. The van der Waals surface area contributed by atoms with Crippen molar-refractivity contribution in [2.75, 3.05) is 19.7 Å². The quantitative estimate of drug-likeness (QED) is 0.156. The highest BCUT2D eigenvalue weighted by Crippen LogP contribution is 2.30. The first-order valence-corrected chi connectivity index (χ1v) is 9.98. The van der Waals surface area contributed by atoms with E-state index in [-0.39, 0.29) is 4.97 Å². The van der Waals surface area contributed by atoms with Crippen LogP contribution in [0.15, 0.2) is 5.28 Å². The van der Waals surface area contributed by atoms with E-state index in [4.69, 9.17) is 28.5 Å². The summed E-state index contributed by atoms with van der Waals surface area (Å²) in [7, 11) is 0. The van der Waals surface area contributed by atoms with Gasteiger partial charge in [-0.15, -0.1) is 5.01 Å². The second-order valence-corrected chi connectivity index (χ2v) is 7.17. The molecule has 0 aliphatic carbocycles. The van der Waals surface area contributed by atoms with Gasteiger partial charge in [0, 0.05) is 27.7 Å². The molecule has 2 aliphatic rings. The summed E-state index contributed by atoms with van der Waals surface area (Å²) in [6, 6.07) is 0. The molecule has 180 valence electrons. The van der Waals surface area contributed by atoms with Gasteiger partial charge in [0.1, 0.15) is 12.7 Å². The summed E-state index contributed by atoms with van der Waals surface area (Å²) in [6.07, 6.45) is -5.28. The summed E-state index contributed by atoms with van der Waals surface area (Å²) < 4.78 is 26.3. The fraction of sp³-hybridized carbons (Fsp3) is 0.778. The van der Waals surface area contributed by atoms with Crippen molar-refractivity contribution >= 4 is 23.9 Å². The van der Waals surface area contributed by atoms with Crippen LogP contribution < -0.4 is 0 Å². The Balaban J connectivity index is 2.35. The average Bonchev–Trinajstić information content (AvgIpc) is 3.22. The molecule has 2 saturated heterocycles. The zero-order chi connectivity index (χ0) is 23.8. The molecule has 0 aromatic rings. The van der Waals surface area contributed by atoms with Crippen molar-refractivity contribution in [3.05, 3.63) is 5.21 Å². The van der Waals surface area contributed by atoms with Gasteiger partial charge in [0.15, 0.2) is 12.2 Å². The third-order valence-electron chi connectivity index (χ3n) is 4.49. The molecule has 14 heteroatoms. The Labute approximate surface area is 183 Å². The summed E-state index contributed by atoms with van der Waals surface area (Å²) in [5.74, 6) is -2.98. The summed E-state index contributed by atoms with van der Waals surface area (Å²) >= 11 is 0. The standard InChI is InChI=1S/C18H27N3O11/c1-10(22)27-9-14-15(28-11(2)23)16(29-12(3)24)17(30-13(4)25)18(31-14)32-19-21(26)20-7-5-6-8-20/h14-18H,5-9H2,1-4H3/b21-19-/t14-,15-,16+,17+,18+/m1/s1.